The Balaban J connectivity index is 1.34. The first-order valence-corrected chi connectivity index (χ1v) is 10.1. The molecule has 3 aromatic rings. The highest BCUT2D eigenvalue weighted by Crippen LogP contribution is 2.24. The van der Waals surface area contributed by atoms with Gasteiger partial charge in [-0.3, -0.25) is 9.78 Å². The Morgan fingerprint density at radius 1 is 0.933 bits per heavy atom. The highest BCUT2D eigenvalue weighted by atomic mass is 16.5. The second-order valence-electron chi connectivity index (χ2n) is 7.37. The van der Waals surface area contributed by atoms with Crippen molar-refractivity contribution in [3.05, 3.63) is 78.1 Å². The second kappa shape index (κ2) is 8.86. The van der Waals surface area contributed by atoms with Gasteiger partial charge in [0.15, 0.2) is 0 Å². The van der Waals surface area contributed by atoms with Crippen molar-refractivity contribution < 1.29 is 9.53 Å². The molecular formula is C24H26N4O2. The number of aromatic nitrogens is 1. The highest BCUT2D eigenvalue weighted by Gasteiger charge is 2.18. The second-order valence-corrected chi connectivity index (χ2v) is 7.37. The van der Waals surface area contributed by atoms with Crippen molar-refractivity contribution in [2.24, 2.45) is 0 Å². The van der Waals surface area contributed by atoms with Gasteiger partial charge in [0.2, 0.25) is 0 Å². The van der Waals surface area contributed by atoms with Crippen LogP contribution in [0.2, 0.25) is 0 Å². The Labute approximate surface area is 177 Å². The number of nitrogens with one attached hydrogen (secondary N) is 1. The molecule has 1 N–H and O–H groups in total. The molecule has 0 bridgehead atoms. The summed E-state index contributed by atoms with van der Waals surface area (Å²) in [6.07, 6.45) is 3.77. The maximum absolute atomic E-state index is 12.4. The van der Waals surface area contributed by atoms with Crippen molar-refractivity contribution in [2.75, 3.05) is 48.4 Å². The summed E-state index contributed by atoms with van der Waals surface area (Å²) in [6.45, 7) is 5.97. The third kappa shape index (κ3) is 4.38. The molecule has 2 aromatic carbocycles. The van der Waals surface area contributed by atoms with E-state index in [0.29, 0.717) is 5.56 Å². The highest BCUT2D eigenvalue weighted by molar-refractivity contribution is 6.04. The van der Waals surface area contributed by atoms with Gasteiger partial charge in [0, 0.05) is 61.2 Å². The van der Waals surface area contributed by atoms with Gasteiger partial charge in [0.25, 0.3) is 5.91 Å². The van der Waals surface area contributed by atoms with Crippen molar-refractivity contribution >= 4 is 23.0 Å². The van der Waals surface area contributed by atoms with Crippen LogP contribution in [-0.4, -0.2) is 44.2 Å². The van der Waals surface area contributed by atoms with Gasteiger partial charge in [-0.2, -0.15) is 0 Å². The molecule has 1 fully saturated rings. The molecule has 1 amide bonds. The number of piperazine rings is 1. The van der Waals surface area contributed by atoms with Crippen LogP contribution in [0.25, 0.3) is 0 Å². The molecule has 1 aromatic heterocycles. The van der Waals surface area contributed by atoms with Gasteiger partial charge >= 0.3 is 0 Å². The van der Waals surface area contributed by atoms with Crippen LogP contribution >= 0.6 is 0 Å². The van der Waals surface area contributed by atoms with E-state index in [1.807, 2.05) is 24.5 Å². The number of carbonyl (C=O) groups is 1. The van der Waals surface area contributed by atoms with Gasteiger partial charge < -0.3 is 19.9 Å². The normalized spacial score (nSPS) is 13.8. The number of pyridine rings is 1. The predicted molar refractivity (Wildman–Crippen MR) is 121 cm³/mol. The summed E-state index contributed by atoms with van der Waals surface area (Å²) in [7, 11) is 1.61. The zero-order valence-corrected chi connectivity index (χ0v) is 17.3. The van der Waals surface area contributed by atoms with Crippen LogP contribution < -0.4 is 19.9 Å². The molecule has 0 unspecified atom stereocenters. The average molecular weight is 402 g/mol. The monoisotopic (exact) mass is 402 g/mol. The van der Waals surface area contributed by atoms with Crippen molar-refractivity contribution in [3.63, 3.8) is 0 Å². The number of methoxy groups -OCH3 is 1. The number of hydrogen-bond donors (Lipinski definition) is 1. The molecule has 30 heavy (non-hydrogen) atoms. The number of nitrogens with zero attached hydrogens (tertiary/aromatic N) is 3. The topological polar surface area (TPSA) is 57.7 Å². The molecule has 1 aliphatic rings. The van der Waals surface area contributed by atoms with Crippen LogP contribution in [0.4, 0.5) is 17.1 Å². The lowest BCUT2D eigenvalue weighted by molar-refractivity contribution is 0.102. The summed E-state index contributed by atoms with van der Waals surface area (Å²) in [4.78, 5) is 21.4. The van der Waals surface area contributed by atoms with Gasteiger partial charge in [0.05, 0.1) is 7.11 Å². The fourth-order valence-corrected chi connectivity index (χ4v) is 3.73. The van der Waals surface area contributed by atoms with E-state index in [1.165, 1.54) is 16.9 Å². The van der Waals surface area contributed by atoms with Gasteiger partial charge in [-0.25, -0.2) is 0 Å². The molecule has 0 saturated carbocycles. The Morgan fingerprint density at radius 2 is 1.60 bits per heavy atom. The van der Waals surface area contributed by atoms with E-state index in [2.05, 4.69) is 45.2 Å². The molecular weight excluding hydrogens is 376 g/mol. The summed E-state index contributed by atoms with van der Waals surface area (Å²) in [5, 5.41) is 2.95. The van der Waals surface area contributed by atoms with Crippen LogP contribution in [0.3, 0.4) is 0 Å². The quantitative estimate of drug-likeness (QED) is 0.700. The zero-order chi connectivity index (χ0) is 20.9. The first kappa shape index (κ1) is 19.8. The van der Waals surface area contributed by atoms with E-state index in [0.717, 1.165) is 37.6 Å². The Kier molecular flexibility index (Phi) is 5.84. The van der Waals surface area contributed by atoms with E-state index in [1.54, 1.807) is 31.4 Å². The third-order valence-electron chi connectivity index (χ3n) is 5.45. The lowest BCUT2D eigenvalue weighted by Gasteiger charge is -2.38. The first-order chi connectivity index (χ1) is 14.6. The Morgan fingerprint density at radius 3 is 2.23 bits per heavy atom. The fraction of sp³-hybridized carbons (Fsp3) is 0.250. The minimum absolute atomic E-state index is 0.133. The smallest absolute Gasteiger partial charge is 0.255 e. The molecule has 0 spiro atoms. The van der Waals surface area contributed by atoms with Gasteiger partial charge in [0.1, 0.15) is 5.75 Å². The molecule has 0 atom stereocenters. The summed E-state index contributed by atoms with van der Waals surface area (Å²) in [5.74, 6) is 0.599. The van der Waals surface area contributed by atoms with E-state index >= 15 is 0 Å². The van der Waals surface area contributed by atoms with Crippen molar-refractivity contribution in [1.82, 2.24) is 4.98 Å². The minimum atomic E-state index is -0.133. The van der Waals surface area contributed by atoms with Gasteiger partial charge in [-0.15, -0.1) is 0 Å². The Bertz CT molecular complexity index is 994. The molecule has 2 heterocycles. The Hall–Kier alpha value is -3.54. The number of anilines is 3. The first-order valence-electron chi connectivity index (χ1n) is 10.1. The molecule has 154 valence electrons. The van der Waals surface area contributed by atoms with Crippen molar-refractivity contribution in [2.45, 2.75) is 6.92 Å². The number of hydrogen-bond acceptors (Lipinski definition) is 5. The average Bonchev–Trinajstić information content (AvgIpc) is 2.80. The zero-order valence-electron chi connectivity index (χ0n) is 17.3. The number of benzene rings is 2. The molecule has 0 aliphatic carbocycles. The van der Waals surface area contributed by atoms with E-state index in [9.17, 15) is 4.79 Å². The summed E-state index contributed by atoms with van der Waals surface area (Å²) in [5.41, 5.74) is 5.03. The molecule has 1 saturated heterocycles. The standard InChI is InChI=1S/C24H26N4O2/c1-18-17-25-12-11-23(18)28-15-13-27(14-16-28)21-7-5-20(6-8-21)26-24(29)19-3-9-22(30-2)10-4-19/h3-12,17H,13-16H2,1-2H3,(H,26,29). The summed E-state index contributed by atoms with van der Waals surface area (Å²) in [6, 6.07) is 17.2. The molecule has 1 aliphatic heterocycles. The number of amides is 1. The van der Waals surface area contributed by atoms with Crippen molar-refractivity contribution in [3.8, 4) is 5.75 Å². The third-order valence-corrected chi connectivity index (χ3v) is 5.45. The van der Waals surface area contributed by atoms with Crippen LogP contribution in [0.1, 0.15) is 15.9 Å². The maximum Gasteiger partial charge on any atom is 0.255 e. The summed E-state index contributed by atoms with van der Waals surface area (Å²) < 4.78 is 5.13. The van der Waals surface area contributed by atoms with Crippen LogP contribution in [0, 0.1) is 6.92 Å². The molecule has 0 radical (unpaired) electrons. The maximum atomic E-state index is 12.4. The largest absolute Gasteiger partial charge is 0.497 e. The SMILES string of the molecule is COc1ccc(C(=O)Nc2ccc(N3CCN(c4ccncc4C)CC3)cc2)cc1. The van der Waals surface area contributed by atoms with E-state index < -0.39 is 0 Å². The van der Waals surface area contributed by atoms with Gasteiger partial charge in [-0.05, 0) is 67.1 Å². The lowest BCUT2D eigenvalue weighted by atomic mass is 10.1. The predicted octanol–water partition coefficient (Wildman–Crippen LogP) is 3.98. The van der Waals surface area contributed by atoms with E-state index in [4.69, 9.17) is 4.74 Å². The minimum Gasteiger partial charge on any atom is -0.497 e. The number of aryl methyl sites for hydroxylation is 1. The number of carbonyl (C=O) groups excluding carboxylic acids is 1. The molecule has 6 nitrogen and oxygen atoms in total. The summed E-state index contributed by atoms with van der Waals surface area (Å²) >= 11 is 0. The van der Waals surface area contributed by atoms with Crippen LogP contribution in [0.15, 0.2) is 67.0 Å². The van der Waals surface area contributed by atoms with Gasteiger partial charge in [-0.1, -0.05) is 0 Å². The fourth-order valence-electron chi connectivity index (χ4n) is 3.73. The molecule has 4 rings (SSSR count). The van der Waals surface area contributed by atoms with Crippen LogP contribution in [-0.2, 0) is 0 Å². The van der Waals surface area contributed by atoms with Crippen LogP contribution in [0.5, 0.6) is 5.75 Å². The van der Waals surface area contributed by atoms with Crippen molar-refractivity contribution in [1.29, 1.82) is 0 Å². The number of rotatable bonds is 5. The number of ether oxygens (including phenoxy) is 1. The molecule has 6 heteroatoms. The van der Waals surface area contributed by atoms with E-state index in [-0.39, 0.29) is 5.91 Å². The lowest BCUT2D eigenvalue weighted by Crippen LogP contribution is -2.46.